The summed E-state index contributed by atoms with van der Waals surface area (Å²) >= 11 is 7.51. The van der Waals surface area contributed by atoms with Gasteiger partial charge in [-0.3, -0.25) is 5.01 Å². The minimum absolute atomic E-state index is 0.107. The first-order chi connectivity index (χ1) is 8.13. The number of halogens is 1. The fourth-order valence-corrected chi connectivity index (χ4v) is 2.93. The van der Waals surface area contributed by atoms with Crippen LogP contribution in [-0.2, 0) is 4.74 Å². The molecular formula is C10H12ClN3O2S. The second kappa shape index (κ2) is 5.01. The second-order valence-electron chi connectivity index (χ2n) is 3.52. The number of thiazole rings is 1. The monoisotopic (exact) mass is 273 g/mol. The zero-order valence-electron chi connectivity index (χ0n) is 9.46. The highest BCUT2D eigenvalue weighted by atomic mass is 35.5. The van der Waals surface area contributed by atoms with Gasteiger partial charge in [-0.1, -0.05) is 0 Å². The summed E-state index contributed by atoms with van der Waals surface area (Å²) in [6, 6.07) is -0.107. The highest BCUT2D eigenvalue weighted by molar-refractivity contribution is 7.10. The molecule has 2 atom stereocenters. The van der Waals surface area contributed by atoms with Crippen molar-refractivity contribution >= 4 is 35.1 Å². The molecule has 17 heavy (non-hydrogen) atoms. The zero-order chi connectivity index (χ0) is 12.4. The standard InChI is InChI=1S/C10H12ClN3O2S/c1-3-16-10(15)7-5-17-9(13-7)8-6(11)4-12-14(8)2/h4-6,8H,3H2,1-2H3. The van der Waals surface area contributed by atoms with E-state index in [0.29, 0.717) is 12.3 Å². The van der Waals surface area contributed by atoms with Crippen molar-refractivity contribution < 1.29 is 9.53 Å². The summed E-state index contributed by atoms with van der Waals surface area (Å²) in [4.78, 5) is 15.7. The number of hydrogen-bond donors (Lipinski definition) is 0. The van der Waals surface area contributed by atoms with E-state index in [-0.39, 0.29) is 11.4 Å². The summed E-state index contributed by atoms with van der Waals surface area (Å²) in [6.45, 7) is 2.11. The van der Waals surface area contributed by atoms with Gasteiger partial charge in [-0.05, 0) is 6.92 Å². The number of esters is 1. The Morgan fingerprint density at radius 2 is 2.47 bits per heavy atom. The van der Waals surface area contributed by atoms with Gasteiger partial charge in [0.2, 0.25) is 0 Å². The number of aromatic nitrogens is 1. The van der Waals surface area contributed by atoms with Crippen molar-refractivity contribution in [3.05, 3.63) is 16.1 Å². The first kappa shape index (κ1) is 12.3. The van der Waals surface area contributed by atoms with Gasteiger partial charge in [-0.2, -0.15) is 5.10 Å². The molecule has 0 aromatic carbocycles. The molecule has 0 saturated carbocycles. The van der Waals surface area contributed by atoms with Gasteiger partial charge >= 0.3 is 5.97 Å². The molecule has 2 unspecified atom stereocenters. The molecule has 2 rings (SSSR count). The fourth-order valence-electron chi connectivity index (χ4n) is 1.55. The molecule has 1 aliphatic rings. The number of hydrazone groups is 1. The van der Waals surface area contributed by atoms with Crippen molar-refractivity contribution in [2.45, 2.75) is 18.3 Å². The lowest BCUT2D eigenvalue weighted by atomic mass is 10.2. The smallest absolute Gasteiger partial charge is 0.357 e. The third kappa shape index (κ3) is 2.42. The summed E-state index contributed by atoms with van der Waals surface area (Å²) in [5.41, 5.74) is 0.330. The molecule has 7 heteroatoms. The number of rotatable bonds is 3. The first-order valence-electron chi connectivity index (χ1n) is 5.17. The van der Waals surface area contributed by atoms with Gasteiger partial charge in [-0.15, -0.1) is 22.9 Å². The van der Waals surface area contributed by atoms with E-state index < -0.39 is 5.97 Å². The molecule has 0 aliphatic carbocycles. The van der Waals surface area contributed by atoms with Crippen molar-refractivity contribution in [1.29, 1.82) is 0 Å². The average Bonchev–Trinajstić information content (AvgIpc) is 2.86. The van der Waals surface area contributed by atoms with Crippen LogP contribution >= 0.6 is 22.9 Å². The Hall–Kier alpha value is -1.14. The summed E-state index contributed by atoms with van der Waals surface area (Å²) < 4.78 is 4.88. The molecule has 0 N–H and O–H groups in total. The SMILES string of the molecule is CCOC(=O)c1csc(C2C(Cl)C=NN2C)n1. The third-order valence-corrected chi connectivity index (χ3v) is 3.62. The summed E-state index contributed by atoms with van der Waals surface area (Å²) in [7, 11) is 1.83. The topological polar surface area (TPSA) is 54.8 Å². The van der Waals surface area contributed by atoms with Gasteiger partial charge in [0.1, 0.15) is 11.0 Å². The van der Waals surface area contributed by atoms with Crippen LogP contribution in [0.25, 0.3) is 0 Å². The number of ether oxygens (including phenoxy) is 1. The van der Waals surface area contributed by atoms with E-state index in [4.69, 9.17) is 16.3 Å². The summed E-state index contributed by atoms with van der Waals surface area (Å²) in [5.74, 6) is -0.400. The predicted octanol–water partition coefficient (Wildman–Crippen LogP) is 1.90. The van der Waals surface area contributed by atoms with Crippen molar-refractivity contribution in [2.75, 3.05) is 13.7 Å². The first-order valence-corrected chi connectivity index (χ1v) is 6.48. The van der Waals surface area contributed by atoms with Gasteiger partial charge < -0.3 is 4.74 Å². The van der Waals surface area contributed by atoms with Crippen LogP contribution in [0.4, 0.5) is 0 Å². The van der Waals surface area contributed by atoms with E-state index in [0.717, 1.165) is 5.01 Å². The normalized spacial score (nSPS) is 23.1. The number of carbonyl (C=O) groups excluding carboxylic acids is 1. The maximum Gasteiger partial charge on any atom is 0.357 e. The van der Waals surface area contributed by atoms with Crippen LogP contribution in [0.5, 0.6) is 0 Å². The molecule has 0 fully saturated rings. The highest BCUT2D eigenvalue weighted by Gasteiger charge is 2.31. The van der Waals surface area contributed by atoms with E-state index in [1.807, 2.05) is 7.05 Å². The van der Waals surface area contributed by atoms with E-state index in [1.165, 1.54) is 11.3 Å². The molecule has 0 saturated heterocycles. The number of nitrogens with zero attached hydrogens (tertiary/aromatic N) is 3. The molecule has 1 aromatic heterocycles. The lowest BCUT2D eigenvalue weighted by molar-refractivity contribution is 0.0520. The Bertz CT molecular complexity index is 437. The quantitative estimate of drug-likeness (QED) is 0.623. The van der Waals surface area contributed by atoms with Crippen LogP contribution in [0.1, 0.15) is 28.5 Å². The second-order valence-corrected chi connectivity index (χ2v) is 4.91. The molecule has 5 nitrogen and oxygen atoms in total. The molecule has 1 aliphatic heterocycles. The lowest BCUT2D eigenvalue weighted by Gasteiger charge is -2.18. The molecule has 0 bridgehead atoms. The van der Waals surface area contributed by atoms with Crippen molar-refractivity contribution in [3.63, 3.8) is 0 Å². The highest BCUT2D eigenvalue weighted by Crippen LogP contribution is 2.32. The van der Waals surface area contributed by atoms with E-state index in [9.17, 15) is 4.79 Å². The van der Waals surface area contributed by atoms with Crippen LogP contribution in [0, 0.1) is 0 Å². The van der Waals surface area contributed by atoms with E-state index in [2.05, 4.69) is 10.1 Å². The summed E-state index contributed by atoms with van der Waals surface area (Å²) in [5, 5.41) is 8.07. The molecule has 2 heterocycles. The number of alkyl halides is 1. The van der Waals surface area contributed by atoms with E-state index in [1.54, 1.807) is 23.5 Å². The van der Waals surface area contributed by atoms with Crippen LogP contribution in [-0.4, -0.2) is 41.2 Å². The van der Waals surface area contributed by atoms with Gasteiger partial charge in [0.25, 0.3) is 0 Å². The zero-order valence-corrected chi connectivity index (χ0v) is 11.0. The fraction of sp³-hybridized carbons (Fsp3) is 0.500. The Morgan fingerprint density at radius 3 is 3.06 bits per heavy atom. The maximum absolute atomic E-state index is 11.5. The predicted molar refractivity (Wildman–Crippen MR) is 66.7 cm³/mol. The molecule has 0 amide bonds. The number of hydrogen-bond acceptors (Lipinski definition) is 6. The molecule has 1 aromatic rings. The maximum atomic E-state index is 11.5. The minimum atomic E-state index is -0.400. The van der Waals surface area contributed by atoms with E-state index >= 15 is 0 Å². The van der Waals surface area contributed by atoms with Crippen LogP contribution in [0.2, 0.25) is 0 Å². The van der Waals surface area contributed by atoms with Gasteiger partial charge in [0.05, 0.1) is 12.0 Å². The van der Waals surface area contributed by atoms with Gasteiger partial charge in [-0.25, -0.2) is 9.78 Å². The van der Waals surface area contributed by atoms with Crippen LogP contribution < -0.4 is 0 Å². The Labute approximate surface area is 108 Å². The van der Waals surface area contributed by atoms with Crippen molar-refractivity contribution in [3.8, 4) is 0 Å². The number of carbonyl (C=O) groups is 1. The van der Waals surface area contributed by atoms with Gasteiger partial charge in [0, 0.05) is 18.6 Å². The Morgan fingerprint density at radius 1 is 1.71 bits per heavy atom. The molecular weight excluding hydrogens is 262 g/mol. The van der Waals surface area contributed by atoms with Crippen molar-refractivity contribution in [1.82, 2.24) is 9.99 Å². The Kier molecular flexibility index (Phi) is 3.63. The molecule has 92 valence electrons. The van der Waals surface area contributed by atoms with Crippen molar-refractivity contribution in [2.24, 2.45) is 5.10 Å². The largest absolute Gasteiger partial charge is 0.461 e. The minimum Gasteiger partial charge on any atom is -0.461 e. The average molecular weight is 274 g/mol. The Balaban J connectivity index is 2.16. The van der Waals surface area contributed by atoms with Crippen LogP contribution in [0.3, 0.4) is 0 Å². The molecule has 0 radical (unpaired) electrons. The molecule has 0 spiro atoms. The van der Waals surface area contributed by atoms with Gasteiger partial charge in [0.15, 0.2) is 5.69 Å². The lowest BCUT2D eigenvalue weighted by Crippen LogP contribution is -2.21. The third-order valence-electron chi connectivity index (χ3n) is 2.35. The van der Waals surface area contributed by atoms with Crippen LogP contribution in [0.15, 0.2) is 10.5 Å². The summed E-state index contributed by atoms with van der Waals surface area (Å²) in [6.07, 6.45) is 1.66.